The number of rotatable bonds is 7. The van der Waals surface area contributed by atoms with Gasteiger partial charge in [-0.05, 0) is 48.5 Å². The first kappa shape index (κ1) is 23.1. The smallest absolute Gasteiger partial charge is 0.439 e. The van der Waals surface area contributed by atoms with Crippen LogP contribution in [0.5, 0.6) is 5.75 Å². The summed E-state index contributed by atoms with van der Waals surface area (Å²) in [6.45, 7) is -2.00. The van der Waals surface area contributed by atoms with Crippen molar-refractivity contribution in [1.29, 1.82) is 0 Å². The Morgan fingerprint density at radius 2 is 1.16 bits per heavy atom. The highest BCUT2D eigenvalue weighted by molar-refractivity contribution is 7.97. The fourth-order valence-electron chi connectivity index (χ4n) is 2.67. The standard InChI is InChI=1S/C21H16F4O4S2/c22-20(21(23,24)25,31(26,27)28)15-29-16-11-13-19(14-12-16)30(17-7-3-1-4-8-17)18-9-5-2-6-10-18/h1-14H,15H2. The van der Waals surface area contributed by atoms with Gasteiger partial charge in [0.05, 0.1) is 10.9 Å². The van der Waals surface area contributed by atoms with Crippen molar-refractivity contribution in [3.63, 3.8) is 0 Å². The molecule has 0 heterocycles. The summed E-state index contributed by atoms with van der Waals surface area (Å²) in [5.74, 6) is -0.205. The number of alkyl halides is 4. The number of ether oxygens (including phenoxy) is 1. The Morgan fingerprint density at radius 1 is 0.742 bits per heavy atom. The molecule has 0 saturated heterocycles. The van der Waals surface area contributed by atoms with Gasteiger partial charge in [0.2, 0.25) is 0 Å². The molecule has 0 spiro atoms. The fourth-order valence-corrected chi connectivity index (χ4v) is 5.24. The predicted octanol–water partition coefficient (Wildman–Crippen LogP) is 4.93. The maximum Gasteiger partial charge on any atom is 0.439 e. The van der Waals surface area contributed by atoms with E-state index in [1.54, 1.807) is 12.1 Å². The topological polar surface area (TPSA) is 66.4 Å². The largest absolute Gasteiger partial charge is 0.745 e. The molecule has 0 amide bonds. The molecule has 0 aliphatic carbocycles. The predicted molar refractivity (Wildman–Crippen MR) is 107 cm³/mol. The van der Waals surface area contributed by atoms with E-state index in [1.165, 1.54) is 12.1 Å². The molecule has 0 aliphatic heterocycles. The third-order valence-corrected chi connectivity index (χ3v) is 7.63. The lowest BCUT2D eigenvalue weighted by molar-refractivity contribution is -0.207. The first-order chi connectivity index (χ1) is 14.5. The molecule has 0 radical (unpaired) electrons. The molecule has 10 heteroatoms. The molecule has 1 atom stereocenters. The van der Waals surface area contributed by atoms with Gasteiger partial charge in [-0.15, -0.1) is 0 Å². The zero-order chi connectivity index (χ0) is 22.7. The molecule has 164 valence electrons. The third-order valence-electron chi connectivity index (χ3n) is 4.26. The van der Waals surface area contributed by atoms with Crippen molar-refractivity contribution in [3.05, 3.63) is 84.9 Å². The molecule has 0 N–H and O–H groups in total. The lowest BCUT2D eigenvalue weighted by atomic mass is 10.3. The van der Waals surface area contributed by atoms with Crippen LogP contribution in [-0.4, -0.2) is 30.8 Å². The maximum absolute atomic E-state index is 14.0. The summed E-state index contributed by atoms with van der Waals surface area (Å²) >= 11 is 0. The number of halogens is 4. The minimum atomic E-state index is -6.35. The molecule has 31 heavy (non-hydrogen) atoms. The first-order valence-electron chi connectivity index (χ1n) is 8.81. The Hall–Kier alpha value is -2.56. The summed E-state index contributed by atoms with van der Waals surface area (Å²) in [7, 11) is -6.88. The Kier molecular flexibility index (Phi) is 6.63. The van der Waals surface area contributed by atoms with Crippen LogP contribution in [0.15, 0.2) is 99.6 Å². The van der Waals surface area contributed by atoms with E-state index in [-0.39, 0.29) is 5.75 Å². The Balaban J connectivity index is 1.87. The number of hydrogen-bond donors (Lipinski definition) is 0. The lowest BCUT2D eigenvalue weighted by Gasteiger charge is -2.29. The summed E-state index contributed by atoms with van der Waals surface area (Å²) in [5, 5.41) is -5.04. The zero-order valence-corrected chi connectivity index (χ0v) is 17.4. The summed E-state index contributed by atoms with van der Waals surface area (Å²) in [5.41, 5.74) is 0. The van der Waals surface area contributed by atoms with Crippen LogP contribution in [0.2, 0.25) is 0 Å². The summed E-state index contributed by atoms with van der Waals surface area (Å²) in [6.07, 6.45) is -5.93. The Bertz CT molecular complexity index is 1070. The van der Waals surface area contributed by atoms with Gasteiger partial charge in [0.25, 0.3) is 0 Å². The lowest BCUT2D eigenvalue weighted by Crippen LogP contribution is -2.52. The molecule has 0 aliphatic rings. The minimum Gasteiger partial charge on any atom is -0.745 e. The average Bonchev–Trinajstić information content (AvgIpc) is 2.73. The highest BCUT2D eigenvalue weighted by Crippen LogP contribution is 2.39. The van der Waals surface area contributed by atoms with Crippen molar-refractivity contribution < 1.29 is 35.3 Å². The molecule has 0 fully saturated rings. The molecule has 3 aromatic rings. The van der Waals surface area contributed by atoms with E-state index in [0.29, 0.717) is 0 Å². The van der Waals surface area contributed by atoms with Crippen LogP contribution in [-0.2, 0) is 21.0 Å². The third kappa shape index (κ3) is 5.03. The van der Waals surface area contributed by atoms with Gasteiger partial charge in [0.1, 0.15) is 22.5 Å². The second kappa shape index (κ2) is 8.89. The van der Waals surface area contributed by atoms with Crippen LogP contribution in [0, 0.1) is 0 Å². The molecule has 0 aromatic heterocycles. The van der Waals surface area contributed by atoms with Gasteiger partial charge in [-0.3, -0.25) is 0 Å². The number of benzene rings is 3. The van der Waals surface area contributed by atoms with Gasteiger partial charge in [0, 0.05) is 0 Å². The van der Waals surface area contributed by atoms with Crippen molar-refractivity contribution >= 4 is 21.0 Å². The Morgan fingerprint density at radius 3 is 1.55 bits per heavy atom. The SMILES string of the molecule is O=S(=O)([O-])C(F)(COc1ccc([S+](c2ccccc2)c2ccccc2)cc1)C(F)(F)F. The van der Waals surface area contributed by atoms with Crippen molar-refractivity contribution in [2.24, 2.45) is 0 Å². The molecular formula is C21H16F4O4S2. The van der Waals surface area contributed by atoms with Crippen molar-refractivity contribution in [2.75, 3.05) is 6.61 Å². The monoisotopic (exact) mass is 472 g/mol. The summed E-state index contributed by atoms with van der Waals surface area (Å²) < 4.78 is 89.7. The van der Waals surface area contributed by atoms with Gasteiger partial charge in [0.15, 0.2) is 14.7 Å². The maximum atomic E-state index is 14.0. The molecule has 1 unspecified atom stereocenters. The normalized spacial score (nSPS) is 14.3. The van der Waals surface area contributed by atoms with E-state index in [2.05, 4.69) is 0 Å². The molecular weight excluding hydrogens is 456 g/mol. The molecule has 0 bridgehead atoms. The highest BCUT2D eigenvalue weighted by Gasteiger charge is 2.62. The number of hydrogen-bond acceptors (Lipinski definition) is 4. The average molecular weight is 472 g/mol. The Labute approximate surface area is 179 Å². The van der Waals surface area contributed by atoms with E-state index in [9.17, 15) is 30.5 Å². The van der Waals surface area contributed by atoms with E-state index < -0.39 is 38.8 Å². The van der Waals surface area contributed by atoms with Gasteiger partial charge >= 0.3 is 11.2 Å². The quantitative estimate of drug-likeness (QED) is 0.278. The van der Waals surface area contributed by atoms with Crippen LogP contribution in [0.3, 0.4) is 0 Å². The molecule has 3 rings (SSSR count). The summed E-state index contributed by atoms with van der Waals surface area (Å²) in [6, 6.07) is 24.9. The van der Waals surface area contributed by atoms with Crippen LogP contribution < -0.4 is 4.74 Å². The van der Waals surface area contributed by atoms with Crippen molar-refractivity contribution in [2.45, 2.75) is 25.9 Å². The van der Waals surface area contributed by atoms with E-state index in [0.717, 1.165) is 14.7 Å². The van der Waals surface area contributed by atoms with E-state index in [1.807, 2.05) is 60.7 Å². The van der Waals surface area contributed by atoms with Crippen molar-refractivity contribution in [1.82, 2.24) is 0 Å². The first-order valence-corrected chi connectivity index (χ1v) is 11.4. The zero-order valence-electron chi connectivity index (χ0n) is 15.8. The highest BCUT2D eigenvalue weighted by atomic mass is 32.2. The second-order valence-electron chi connectivity index (χ2n) is 6.37. The van der Waals surface area contributed by atoms with Crippen LogP contribution in [0.1, 0.15) is 0 Å². The second-order valence-corrected chi connectivity index (χ2v) is 9.95. The molecule has 0 saturated carbocycles. The van der Waals surface area contributed by atoms with Gasteiger partial charge < -0.3 is 9.29 Å². The van der Waals surface area contributed by atoms with Gasteiger partial charge in [-0.1, -0.05) is 36.4 Å². The van der Waals surface area contributed by atoms with Crippen molar-refractivity contribution in [3.8, 4) is 5.75 Å². The van der Waals surface area contributed by atoms with E-state index >= 15 is 0 Å². The van der Waals surface area contributed by atoms with Crippen LogP contribution in [0.25, 0.3) is 0 Å². The van der Waals surface area contributed by atoms with Crippen LogP contribution in [0.4, 0.5) is 17.6 Å². The molecule has 4 nitrogen and oxygen atoms in total. The fraction of sp³-hybridized carbons (Fsp3) is 0.143. The minimum absolute atomic E-state index is 0.205. The molecule has 3 aromatic carbocycles. The van der Waals surface area contributed by atoms with Gasteiger partial charge in [-0.2, -0.15) is 13.2 Å². The van der Waals surface area contributed by atoms with Gasteiger partial charge in [-0.25, -0.2) is 12.8 Å². The van der Waals surface area contributed by atoms with E-state index in [4.69, 9.17) is 4.74 Å². The van der Waals surface area contributed by atoms with Crippen LogP contribution >= 0.6 is 0 Å². The summed E-state index contributed by atoms with van der Waals surface area (Å²) in [4.78, 5) is 2.81.